The molecular formula is C22H24N6O2. The van der Waals surface area contributed by atoms with E-state index in [1.807, 2.05) is 55.1 Å². The van der Waals surface area contributed by atoms with Crippen molar-refractivity contribution in [1.82, 2.24) is 14.8 Å². The summed E-state index contributed by atoms with van der Waals surface area (Å²) in [6.45, 7) is 6.80. The Balaban J connectivity index is 1.43. The number of aliphatic imine (C=N–C) groups is 2. The summed E-state index contributed by atoms with van der Waals surface area (Å²) in [4.78, 5) is 29.3. The van der Waals surface area contributed by atoms with E-state index < -0.39 is 5.97 Å². The van der Waals surface area contributed by atoms with Crippen LogP contribution in [-0.2, 0) is 9.53 Å². The highest BCUT2D eigenvalue weighted by Gasteiger charge is 2.27. The summed E-state index contributed by atoms with van der Waals surface area (Å²) in [5.41, 5.74) is 9.47. The minimum absolute atomic E-state index is 0.314. The summed E-state index contributed by atoms with van der Waals surface area (Å²) in [7, 11) is 0. The first kappa shape index (κ1) is 19.6. The van der Waals surface area contributed by atoms with Crippen LogP contribution in [0.2, 0.25) is 0 Å². The molecule has 3 heterocycles. The van der Waals surface area contributed by atoms with Gasteiger partial charge in [0.15, 0.2) is 17.5 Å². The van der Waals surface area contributed by atoms with E-state index in [2.05, 4.69) is 19.9 Å². The highest BCUT2D eigenvalue weighted by Crippen LogP contribution is 2.21. The number of aryl methyl sites for hydroxylation is 1. The van der Waals surface area contributed by atoms with Gasteiger partial charge in [-0.15, -0.1) is 0 Å². The van der Waals surface area contributed by atoms with Gasteiger partial charge in [0.1, 0.15) is 0 Å². The fraction of sp³-hybridized carbons (Fsp3) is 0.273. The van der Waals surface area contributed by atoms with Gasteiger partial charge in [-0.05, 0) is 43.2 Å². The van der Waals surface area contributed by atoms with Crippen molar-refractivity contribution in [2.75, 3.05) is 26.2 Å². The van der Waals surface area contributed by atoms with Crippen LogP contribution >= 0.6 is 0 Å². The number of aromatic nitrogens is 1. The van der Waals surface area contributed by atoms with Crippen LogP contribution < -0.4 is 5.73 Å². The molecular weight excluding hydrogens is 380 g/mol. The van der Waals surface area contributed by atoms with Crippen molar-refractivity contribution in [3.05, 3.63) is 71.2 Å². The minimum atomic E-state index is -0.426. The summed E-state index contributed by atoms with van der Waals surface area (Å²) in [5, 5.41) is 0. The largest absolute Gasteiger partial charge is 0.402 e. The molecule has 1 fully saturated rings. The molecule has 1 aromatic carbocycles. The van der Waals surface area contributed by atoms with Gasteiger partial charge in [-0.25, -0.2) is 14.8 Å². The fourth-order valence-corrected chi connectivity index (χ4v) is 3.36. The molecule has 0 unspecified atom stereocenters. The van der Waals surface area contributed by atoms with Gasteiger partial charge in [-0.3, -0.25) is 0 Å². The smallest absolute Gasteiger partial charge is 0.365 e. The topological polar surface area (TPSA) is 96.4 Å². The molecule has 0 radical (unpaired) electrons. The van der Waals surface area contributed by atoms with Crippen molar-refractivity contribution >= 4 is 23.6 Å². The lowest BCUT2D eigenvalue weighted by Crippen LogP contribution is -2.49. The van der Waals surface area contributed by atoms with Crippen LogP contribution in [0.15, 0.2) is 64.5 Å². The highest BCUT2D eigenvalue weighted by molar-refractivity contribution is 6.11. The molecule has 0 bridgehead atoms. The molecule has 0 saturated carbocycles. The summed E-state index contributed by atoms with van der Waals surface area (Å²) in [6, 6.07) is 11.4. The number of benzene rings is 1. The average Bonchev–Trinajstić information content (AvgIpc) is 3.11. The van der Waals surface area contributed by atoms with Crippen molar-refractivity contribution < 1.29 is 9.53 Å². The zero-order chi connectivity index (χ0) is 21.1. The van der Waals surface area contributed by atoms with Gasteiger partial charge in [-0.1, -0.05) is 18.2 Å². The molecule has 2 N–H and O–H groups in total. The molecule has 0 spiro atoms. The quantitative estimate of drug-likeness (QED) is 0.364. The van der Waals surface area contributed by atoms with Crippen LogP contribution in [0.25, 0.3) is 0 Å². The maximum Gasteiger partial charge on any atom is 0.365 e. The molecule has 2 aromatic rings. The minimum Gasteiger partial charge on any atom is -0.402 e. The standard InChI is InChI=1S/C22H24N6O2/c1-15-6-5-7-17(16(15)2)20-25-18(21(29)30-20)14-27-10-12-28(13-11-27)22(23)26-19-8-3-4-9-24-19/h3-9,14H,10-13H2,1-2H3,(H2,23,24,26). The van der Waals surface area contributed by atoms with Gasteiger partial charge in [0.05, 0.1) is 0 Å². The van der Waals surface area contributed by atoms with Crippen molar-refractivity contribution in [1.29, 1.82) is 0 Å². The van der Waals surface area contributed by atoms with Crippen LogP contribution in [0.4, 0.5) is 5.82 Å². The van der Waals surface area contributed by atoms with Crippen LogP contribution in [0.3, 0.4) is 0 Å². The number of carbonyl (C=O) groups is 1. The molecule has 2 aliphatic rings. The number of nitrogens with zero attached hydrogens (tertiary/aromatic N) is 5. The molecule has 2 aliphatic heterocycles. The molecule has 0 aliphatic carbocycles. The average molecular weight is 404 g/mol. The molecule has 154 valence electrons. The lowest BCUT2D eigenvalue weighted by Gasteiger charge is -2.34. The van der Waals surface area contributed by atoms with Gasteiger partial charge < -0.3 is 20.3 Å². The molecule has 1 aromatic heterocycles. The summed E-state index contributed by atoms with van der Waals surface area (Å²) in [6.07, 6.45) is 3.45. The third kappa shape index (κ3) is 4.17. The van der Waals surface area contributed by atoms with E-state index >= 15 is 0 Å². The third-order valence-corrected chi connectivity index (χ3v) is 5.28. The van der Waals surface area contributed by atoms with E-state index in [-0.39, 0.29) is 0 Å². The number of piperazine rings is 1. The molecule has 4 rings (SSSR count). The number of rotatable bonds is 3. The van der Waals surface area contributed by atoms with E-state index in [0.717, 1.165) is 16.7 Å². The van der Waals surface area contributed by atoms with Crippen molar-refractivity contribution in [3.63, 3.8) is 0 Å². The predicted octanol–water partition coefficient (Wildman–Crippen LogP) is 2.11. The second-order valence-electron chi connectivity index (χ2n) is 7.25. The number of hydrogen-bond donors (Lipinski definition) is 1. The summed E-state index contributed by atoms with van der Waals surface area (Å²) < 4.78 is 5.42. The van der Waals surface area contributed by atoms with Gasteiger partial charge >= 0.3 is 5.97 Å². The van der Waals surface area contributed by atoms with E-state index in [0.29, 0.717) is 49.6 Å². The van der Waals surface area contributed by atoms with Gasteiger partial charge in [0.25, 0.3) is 0 Å². The Bertz CT molecular complexity index is 1040. The number of carbonyl (C=O) groups excluding carboxylic acids is 1. The number of guanidine groups is 1. The van der Waals surface area contributed by atoms with Gasteiger partial charge in [-0.2, -0.15) is 4.99 Å². The summed E-state index contributed by atoms with van der Waals surface area (Å²) >= 11 is 0. The van der Waals surface area contributed by atoms with E-state index in [9.17, 15) is 4.79 Å². The van der Waals surface area contributed by atoms with Crippen molar-refractivity contribution in [3.8, 4) is 0 Å². The predicted molar refractivity (Wildman–Crippen MR) is 115 cm³/mol. The maximum absolute atomic E-state index is 12.3. The maximum atomic E-state index is 12.3. The Kier molecular flexibility index (Phi) is 5.47. The Morgan fingerprint density at radius 2 is 1.93 bits per heavy atom. The molecule has 8 nitrogen and oxygen atoms in total. The van der Waals surface area contributed by atoms with Crippen molar-refractivity contribution in [2.24, 2.45) is 15.7 Å². The first-order chi connectivity index (χ1) is 14.5. The number of ether oxygens (including phenoxy) is 1. The highest BCUT2D eigenvalue weighted by atomic mass is 16.6. The second kappa shape index (κ2) is 8.36. The monoisotopic (exact) mass is 404 g/mol. The second-order valence-corrected chi connectivity index (χ2v) is 7.25. The first-order valence-electron chi connectivity index (χ1n) is 9.85. The number of hydrogen-bond acceptors (Lipinski definition) is 6. The zero-order valence-corrected chi connectivity index (χ0v) is 17.1. The zero-order valence-electron chi connectivity index (χ0n) is 17.1. The van der Waals surface area contributed by atoms with E-state index in [1.54, 1.807) is 12.4 Å². The molecule has 0 amide bonds. The summed E-state index contributed by atoms with van der Waals surface area (Å²) in [5.74, 6) is 0.959. The number of esters is 1. The Morgan fingerprint density at radius 1 is 1.13 bits per heavy atom. The number of pyridine rings is 1. The molecule has 0 atom stereocenters. The lowest BCUT2D eigenvalue weighted by atomic mass is 10.0. The molecule has 30 heavy (non-hydrogen) atoms. The number of cyclic esters (lactones) is 1. The Hall–Kier alpha value is -3.68. The van der Waals surface area contributed by atoms with E-state index in [1.165, 1.54) is 0 Å². The SMILES string of the molecule is Cc1cccc(C2=NC(=CN3CCN(/C(N)=N/c4ccccn4)CC3)C(=O)O2)c1C. The van der Waals surface area contributed by atoms with E-state index in [4.69, 9.17) is 10.5 Å². The Morgan fingerprint density at radius 3 is 2.67 bits per heavy atom. The Labute approximate surface area is 175 Å². The lowest BCUT2D eigenvalue weighted by molar-refractivity contribution is -0.130. The number of nitrogens with two attached hydrogens (primary N) is 1. The molecule has 8 heteroatoms. The fourth-order valence-electron chi connectivity index (χ4n) is 3.36. The van der Waals surface area contributed by atoms with Crippen LogP contribution in [0, 0.1) is 13.8 Å². The van der Waals surface area contributed by atoms with Gasteiger partial charge in [0.2, 0.25) is 5.90 Å². The van der Waals surface area contributed by atoms with Crippen LogP contribution in [-0.4, -0.2) is 58.8 Å². The normalized spacial score (nSPS) is 18.6. The first-order valence-corrected chi connectivity index (χ1v) is 9.85. The van der Waals surface area contributed by atoms with Crippen LogP contribution in [0.1, 0.15) is 16.7 Å². The molecule has 1 saturated heterocycles. The third-order valence-electron chi connectivity index (χ3n) is 5.28. The van der Waals surface area contributed by atoms with Crippen molar-refractivity contribution in [2.45, 2.75) is 13.8 Å². The van der Waals surface area contributed by atoms with Crippen LogP contribution in [0.5, 0.6) is 0 Å². The van der Waals surface area contributed by atoms with Gasteiger partial charge in [0, 0.05) is 44.1 Å².